The van der Waals surface area contributed by atoms with Gasteiger partial charge in [-0.2, -0.15) is 0 Å². The molecule has 0 radical (unpaired) electrons. The van der Waals surface area contributed by atoms with Crippen molar-refractivity contribution in [2.45, 2.75) is 57.6 Å². The molecule has 0 unspecified atom stereocenters. The van der Waals surface area contributed by atoms with Crippen LogP contribution in [0.3, 0.4) is 0 Å². The van der Waals surface area contributed by atoms with Crippen LogP contribution in [0.25, 0.3) is 0 Å². The Morgan fingerprint density at radius 3 is 2.22 bits per heavy atom. The van der Waals surface area contributed by atoms with E-state index in [0.29, 0.717) is 5.01 Å². The molecule has 6 heteroatoms. The van der Waals surface area contributed by atoms with Crippen molar-refractivity contribution < 1.29 is 13.5 Å². The maximum absolute atomic E-state index is 11.9. The Morgan fingerprint density at radius 2 is 1.89 bits per heavy atom. The van der Waals surface area contributed by atoms with E-state index in [1.54, 1.807) is 13.8 Å². The predicted molar refractivity (Wildman–Crippen MR) is 74.5 cm³/mol. The van der Waals surface area contributed by atoms with Crippen LogP contribution < -0.4 is 0 Å². The highest BCUT2D eigenvalue weighted by atomic mass is 32.2. The average molecular weight is 291 g/mol. The lowest BCUT2D eigenvalue weighted by Crippen LogP contribution is -2.17. The molecule has 0 fully saturated rings. The third-order valence-electron chi connectivity index (χ3n) is 2.64. The van der Waals surface area contributed by atoms with Crippen LogP contribution >= 0.6 is 11.3 Å². The smallest absolute Gasteiger partial charge is 0.159 e. The van der Waals surface area contributed by atoms with Crippen LogP contribution in [0.15, 0.2) is 0 Å². The second-order valence-electron chi connectivity index (χ2n) is 5.64. The van der Waals surface area contributed by atoms with Gasteiger partial charge in [0.05, 0.1) is 22.4 Å². The summed E-state index contributed by atoms with van der Waals surface area (Å²) in [7, 11) is -3.14. The number of thiazole rings is 1. The van der Waals surface area contributed by atoms with Crippen molar-refractivity contribution in [1.29, 1.82) is 0 Å². The van der Waals surface area contributed by atoms with Gasteiger partial charge in [-0.05, 0) is 13.8 Å². The van der Waals surface area contributed by atoms with Gasteiger partial charge in [0.2, 0.25) is 0 Å². The summed E-state index contributed by atoms with van der Waals surface area (Å²) in [5.41, 5.74) is 0.609. The van der Waals surface area contributed by atoms with Crippen LogP contribution in [0.4, 0.5) is 0 Å². The molecule has 0 aliphatic carbocycles. The van der Waals surface area contributed by atoms with E-state index in [-0.39, 0.29) is 17.8 Å². The zero-order chi connectivity index (χ0) is 14.1. The molecule has 0 aliphatic rings. The van der Waals surface area contributed by atoms with Crippen molar-refractivity contribution in [2.24, 2.45) is 0 Å². The van der Waals surface area contributed by atoms with Gasteiger partial charge in [-0.25, -0.2) is 13.4 Å². The molecule has 104 valence electrons. The standard InChI is InChI=1S/C12H21NO3S2/c1-8(2)18(15,16)7-10-13-11(12(3,4)5)9(6-14)17-10/h8,14H,6-7H2,1-5H3. The van der Waals surface area contributed by atoms with E-state index in [4.69, 9.17) is 0 Å². The second kappa shape index (κ2) is 5.27. The first kappa shape index (κ1) is 15.6. The zero-order valence-electron chi connectivity index (χ0n) is 11.5. The minimum absolute atomic E-state index is 0.0432. The SMILES string of the molecule is CC(C)S(=O)(=O)Cc1nc(C(C)(C)C)c(CO)s1. The number of aromatic nitrogens is 1. The van der Waals surface area contributed by atoms with E-state index in [2.05, 4.69) is 4.98 Å². The molecular weight excluding hydrogens is 270 g/mol. The van der Waals surface area contributed by atoms with Crippen molar-refractivity contribution in [3.05, 3.63) is 15.6 Å². The van der Waals surface area contributed by atoms with Crippen LogP contribution in [0.5, 0.6) is 0 Å². The lowest BCUT2D eigenvalue weighted by atomic mass is 9.91. The van der Waals surface area contributed by atoms with Gasteiger partial charge in [0.1, 0.15) is 10.8 Å². The molecule has 0 spiro atoms. The number of rotatable bonds is 4. The average Bonchev–Trinajstić information content (AvgIpc) is 2.59. The molecule has 0 saturated carbocycles. The molecule has 1 heterocycles. The summed E-state index contributed by atoms with van der Waals surface area (Å²) >= 11 is 1.29. The molecule has 0 bridgehead atoms. The van der Waals surface area contributed by atoms with Gasteiger partial charge in [-0.3, -0.25) is 0 Å². The van der Waals surface area contributed by atoms with Crippen molar-refractivity contribution in [3.63, 3.8) is 0 Å². The Bertz CT molecular complexity index is 510. The summed E-state index contributed by atoms with van der Waals surface area (Å²) in [4.78, 5) is 5.16. The molecule has 1 rings (SSSR count). The molecule has 1 N–H and O–H groups in total. The van der Waals surface area contributed by atoms with E-state index < -0.39 is 15.1 Å². The summed E-state index contributed by atoms with van der Waals surface area (Å²) in [5, 5.41) is 9.49. The molecule has 0 aromatic carbocycles. The maximum Gasteiger partial charge on any atom is 0.159 e. The van der Waals surface area contributed by atoms with Crippen molar-refractivity contribution in [3.8, 4) is 0 Å². The number of hydrogen-bond donors (Lipinski definition) is 1. The Morgan fingerprint density at radius 1 is 1.33 bits per heavy atom. The maximum atomic E-state index is 11.9. The van der Waals surface area contributed by atoms with Crippen LogP contribution in [0, 0.1) is 0 Å². The molecule has 1 aromatic rings. The number of hydrogen-bond acceptors (Lipinski definition) is 5. The minimum Gasteiger partial charge on any atom is -0.391 e. The molecule has 0 saturated heterocycles. The fourth-order valence-corrected chi connectivity index (χ4v) is 3.90. The van der Waals surface area contributed by atoms with Crippen LogP contribution in [-0.4, -0.2) is 23.8 Å². The second-order valence-corrected chi connectivity index (χ2v) is 9.37. The number of aliphatic hydroxyl groups is 1. The topological polar surface area (TPSA) is 67.3 Å². The third-order valence-corrected chi connectivity index (χ3v) is 5.97. The van der Waals surface area contributed by atoms with Gasteiger partial charge in [-0.1, -0.05) is 20.8 Å². The van der Waals surface area contributed by atoms with E-state index in [1.165, 1.54) is 11.3 Å². The van der Waals surface area contributed by atoms with Gasteiger partial charge < -0.3 is 5.11 Å². The van der Waals surface area contributed by atoms with Crippen molar-refractivity contribution in [2.75, 3.05) is 0 Å². The van der Waals surface area contributed by atoms with Crippen molar-refractivity contribution >= 4 is 21.2 Å². The molecule has 0 amide bonds. The minimum atomic E-state index is -3.14. The number of aliphatic hydroxyl groups excluding tert-OH is 1. The van der Waals surface area contributed by atoms with Gasteiger partial charge in [-0.15, -0.1) is 11.3 Å². The quantitative estimate of drug-likeness (QED) is 0.924. The number of sulfone groups is 1. The largest absolute Gasteiger partial charge is 0.391 e. The van der Waals surface area contributed by atoms with Crippen LogP contribution in [0.2, 0.25) is 0 Å². The highest BCUT2D eigenvalue weighted by molar-refractivity contribution is 7.91. The normalized spacial score (nSPS) is 13.3. The van der Waals surface area contributed by atoms with Crippen LogP contribution in [-0.2, 0) is 27.6 Å². The zero-order valence-corrected chi connectivity index (χ0v) is 13.2. The summed E-state index contributed by atoms with van der Waals surface area (Å²) in [5.74, 6) is -0.0432. The van der Waals surface area contributed by atoms with Gasteiger partial charge in [0.25, 0.3) is 0 Å². The molecule has 4 nitrogen and oxygen atoms in total. The first-order valence-electron chi connectivity index (χ1n) is 5.89. The highest BCUT2D eigenvalue weighted by Crippen LogP contribution is 2.30. The first-order chi connectivity index (χ1) is 8.08. The summed E-state index contributed by atoms with van der Waals surface area (Å²) in [6.45, 7) is 9.25. The third kappa shape index (κ3) is 3.52. The monoisotopic (exact) mass is 291 g/mol. The fourth-order valence-electron chi connectivity index (χ4n) is 1.49. The van der Waals surface area contributed by atoms with E-state index in [1.807, 2.05) is 20.8 Å². The lowest BCUT2D eigenvalue weighted by Gasteiger charge is -2.16. The Labute approximate surface area is 113 Å². The fraction of sp³-hybridized carbons (Fsp3) is 0.750. The van der Waals surface area contributed by atoms with E-state index >= 15 is 0 Å². The first-order valence-corrected chi connectivity index (χ1v) is 8.42. The predicted octanol–water partition coefficient (Wildman–Crippen LogP) is 2.26. The number of nitrogens with zero attached hydrogens (tertiary/aromatic N) is 1. The highest BCUT2D eigenvalue weighted by Gasteiger charge is 2.25. The van der Waals surface area contributed by atoms with Gasteiger partial charge in [0, 0.05) is 5.41 Å². The molecule has 0 atom stereocenters. The van der Waals surface area contributed by atoms with E-state index in [9.17, 15) is 13.5 Å². The molecule has 18 heavy (non-hydrogen) atoms. The van der Waals surface area contributed by atoms with Gasteiger partial charge >= 0.3 is 0 Å². The van der Waals surface area contributed by atoms with Gasteiger partial charge in [0.15, 0.2) is 9.84 Å². The molecule has 0 aliphatic heterocycles. The Kier molecular flexibility index (Phi) is 4.56. The molecule has 1 aromatic heterocycles. The lowest BCUT2D eigenvalue weighted by molar-refractivity contribution is 0.282. The summed E-state index contributed by atoms with van der Waals surface area (Å²) in [6.07, 6.45) is 0. The summed E-state index contributed by atoms with van der Waals surface area (Å²) < 4.78 is 23.7. The van der Waals surface area contributed by atoms with Crippen LogP contribution in [0.1, 0.15) is 50.2 Å². The Balaban J connectivity index is 3.11. The summed E-state index contributed by atoms with van der Waals surface area (Å²) in [6, 6.07) is 0. The van der Waals surface area contributed by atoms with E-state index in [0.717, 1.165) is 10.6 Å². The van der Waals surface area contributed by atoms with Crippen molar-refractivity contribution in [1.82, 2.24) is 4.98 Å². The Hall–Kier alpha value is -0.460. The molecular formula is C12H21NO3S2.